The Labute approximate surface area is 448 Å². The van der Waals surface area contributed by atoms with Crippen molar-refractivity contribution < 1.29 is 82.8 Å². The first-order valence-corrected chi connectivity index (χ1v) is 24.8. The number of amides is 9. The van der Waals surface area contributed by atoms with Gasteiger partial charge in [0.25, 0.3) is 0 Å². The molecule has 24 N–H and O–H groups in total. The summed E-state index contributed by atoms with van der Waals surface area (Å²) in [6.07, 6.45) is -4.62. The average Bonchev–Trinajstić information content (AvgIpc) is 3.33. The highest BCUT2D eigenvalue weighted by Gasteiger charge is 2.36. The first-order valence-electron chi connectivity index (χ1n) is 24.8. The van der Waals surface area contributed by atoms with Gasteiger partial charge in [-0.15, -0.1) is 0 Å². The Hall–Kier alpha value is -8.39. The lowest BCUT2D eigenvalue weighted by atomic mass is 9.98. The van der Waals surface area contributed by atoms with Crippen molar-refractivity contribution in [2.75, 3.05) is 13.1 Å². The Morgan fingerprint density at radius 1 is 0.436 bits per heavy atom. The largest absolute Gasteiger partial charge is 0.481 e. The maximum atomic E-state index is 14.0. The van der Waals surface area contributed by atoms with Gasteiger partial charge in [-0.3, -0.25) is 67.5 Å². The molecule has 0 radical (unpaired) electrons. The van der Waals surface area contributed by atoms with E-state index >= 15 is 0 Å². The second kappa shape index (κ2) is 35.8. The second-order valence-corrected chi connectivity index (χ2v) is 18.4. The van der Waals surface area contributed by atoms with Gasteiger partial charge in [0, 0.05) is 32.4 Å². The molecule has 78 heavy (non-hydrogen) atoms. The minimum Gasteiger partial charge on any atom is -0.481 e. The number of nitrogens with one attached hydrogen (secondary N) is 8. The molecule has 440 valence electrons. The molecule has 0 saturated carbocycles. The van der Waals surface area contributed by atoms with Gasteiger partial charge in [-0.2, -0.15) is 0 Å². The highest BCUT2D eigenvalue weighted by Crippen LogP contribution is 2.12. The first kappa shape index (κ1) is 69.6. The molecule has 0 rings (SSSR count). The summed E-state index contributed by atoms with van der Waals surface area (Å²) in [5.41, 5.74) is 32.6. The van der Waals surface area contributed by atoms with E-state index in [0.29, 0.717) is 6.42 Å². The van der Waals surface area contributed by atoms with Crippen LogP contribution in [0.25, 0.3) is 0 Å². The van der Waals surface area contributed by atoms with Crippen LogP contribution in [0.15, 0.2) is 9.98 Å². The van der Waals surface area contributed by atoms with Crippen molar-refractivity contribution in [2.24, 2.45) is 56.2 Å². The van der Waals surface area contributed by atoms with Crippen molar-refractivity contribution in [3.05, 3.63) is 0 Å². The molecular weight excluding hydrogens is 1040 g/mol. The maximum Gasteiger partial charge on any atom is 0.326 e. The van der Waals surface area contributed by atoms with Crippen LogP contribution in [-0.4, -0.2) is 177 Å². The number of aliphatic imine (C=N–C) groups is 2. The van der Waals surface area contributed by atoms with Crippen LogP contribution >= 0.6 is 0 Å². The third-order valence-corrected chi connectivity index (χ3v) is 11.5. The molecule has 10 atom stereocenters. The van der Waals surface area contributed by atoms with E-state index in [1.807, 2.05) is 0 Å². The lowest BCUT2D eigenvalue weighted by Crippen LogP contribution is -2.60. The van der Waals surface area contributed by atoms with E-state index in [4.69, 9.17) is 34.4 Å². The minimum absolute atomic E-state index is 0.0105. The van der Waals surface area contributed by atoms with Gasteiger partial charge in [0.15, 0.2) is 11.9 Å². The number of nitrogens with two attached hydrogens (primary N) is 6. The van der Waals surface area contributed by atoms with Gasteiger partial charge in [-0.05, 0) is 63.7 Å². The molecule has 0 saturated heterocycles. The fourth-order valence-electron chi connectivity index (χ4n) is 6.95. The van der Waals surface area contributed by atoms with E-state index in [-0.39, 0.29) is 50.7 Å². The molecule has 0 aliphatic carbocycles. The summed E-state index contributed by atoms with van der Waals surface area (Å²) >= 11 is 0. The second-order valence-electron chi connectivity index (χ2n) is 18.4. The summed E-state index contributed by atoms with van der Waals surface area (Å²) in [4.78, 5) is 175. The molecule has 0 spiro atoms. The Bertz CT molecular complexity index is 2190. The molecule has 0 aliphatic heterocycles. The number of primary amides is 1. The molecule has 9 amide bonds. The number of nitrogens with zero attached hydrogens (tertiary/aromatic N) is 2. The van der Waals surface area contributed by atoms with E-state index in [1.165, 1.54) is 27.7 Å². The van der Waals surface area contributed by atoms with Gasteiger partial charge < -0.3 is 97.4 Å². The van der Waals surface area contributed by atoms with Crippen LogP contribution in [0.2, 0.25) is 0 Å². The first-order chi connectivity index (χ1) is 36.3. The summed E-state index contributed by atoms with van der Waals surface area (Å²) in [6.45, 7) is 7.22. The van der Waals surface area contributed by atoms with Crippen LogP contribution in [0.3, 0.4) is 0 Å². The van der Waals surface area contributed by atoms with Crippen LogP contribution in [-0.2, 0) is 62.3 Å². The Balaban J connectivity index is 6.87. The quantitative estimate of drug-likeness (QED) is 0.0155. The standard InChI is InChI=1S/C45H78N16O17/c1-6-21(4)34(43(77)78)61-41(75)28(13-16-32(67)68)58-39(73)26(11-14-30(63)64)57-38(72)25(10-8-18-53-45(50)51)55-35(69)22(5)54-37(71)24(9-7-17-52-44(48)49)56-40(74)27(12-15-31(65)66)59-42(76)33(20(2)3)60-36(70)23(46)19-29(47)62/h20-28,33-34H,6-19,46H2,1-5H3,(H2,47,62)(H,54,71)(H,55,69)(H,56,74)(H,57,72)(H,58,73)(H,59,76)(H,60,70)(H,61,75)(H,63,64)(H,65,66)(H,67,68)(H,77,78)(H4,48,49,52)(H4,50,51,53)/t21-,22-,23-,24-,25-,26-,27-,28-,33-,34-/m0/s1. The van der Waals surface area contributed by atoms with Gasteiger partial charge in [0.1, 0.15) is 48.3 Å². The zero-order chi connectivity index (χ0) is 60.0. The van der Waals surface area contributed by atoms with Crippen molar-refractivity contribution in [3.63, 3.8) is 0 Å². The predicted molar refractivity (Wildman–Crippen MR) is 275 cm³/mol. The number of rotatable bonds is 39. The lowest BCUT2D eigenvalue weighted by Gasteiger charge is -2.28. The summed E-state index contributed by atoms with van der Waals surface area (Å²) in [6, 6.07) is -14.1. The summed E-state index contributed by atoms with van der Waals surface area (Å²) < 4.78 is 0. The molecular formula is C45H78N16O17. The zero-order valence-corrected chi connectivity index (χ0v) is 44.2. The fraction of sp³-hybridized carbons (Fsp3) is 0.667. The highest BCUT2D eigenvalue weighted by molar-refractivity contribution is 5.98. The third kappa shape index (κ3) is 28.5. The van der Waals surface area contributed by atoms with Gasteiger partial charge in [0.05, 0.1) is 12.5 Å². The van der Waals surface area contributed by atoms with Crippen LogP contribution < -0.4 is 76.9 Å². The normalized spacial score (nSPS) is 14.7. The molecule has 33 heteroatoms. The molecule has 0 aromatic rings. The Kier molecular flexibility index (Phi) is 31.9. The topological polar surface area (TPSA) is 580 Å². The molecule has 0 bridgehead atoms. The molecule has 0 aromatic carbocycles. The van der Waals surface area contributed by atoms with Crippen LogP contribution in [0.4, 0.5) is 0 Å². The maximum absolute atomic E-state index is 14.0. The number of carboxylic acid groups (broad SMARTS) is 4. The monoisotopic (exact) mass is 1110 g/mol. The smallest absolute Gasteiger partial charge is 0.326 e. The summed E-state index contributed by atoms with van der Waals surface area (Å²) in [5, 5.41) is 56.8. The third-order valence-electron chi connectivity index (χ3n) is 11.5. The van der Waals surface area contributed by atoms with Crippen molar-refractivity contribution >= 4 is 89.0 Å². The number of hydrogen-bond donors (Lipinski definition) is 18. The Morgan fingerprint density at radius 2 is 0.769 bits per heavy atom. The molecule has 0 unspecified atom stereocenters. The summed E-state index contributed by atoms with van der Waals surface area (Å²) in [7, 11) is 0. The molecule has 0 fully saturated rings. The number of carbonyl (C=O) groups excluding carboxylic acids is 9. The van der Waals surface area contributed by atoms with Crippen molar-refractivity contribution in [3.8, 4) is 0 Å². The van der Waals surface area contributed by atoms with Crippen molar-refractivity contribution in [1.82, 2.24) is 42.5 Å². The number of carbonyl (C=O) groups is 13. The van der Waals surface area contributed by atoms with Crippen LogP contribution in [0.1, 0.15) is 112 Å². The van der Waals surface area contributed by atoms with Gasteiger partial charge in [-0.25, -0.2) is 4.79 Å². The molecule has 33 nitrogen and oxygen atoms in total. The van der Waals surface area contributed by atoms with Crippen LogP contribution in [0.5, 0.6) is 0 Å². The predicted octanol–water partition coefficient (Wildman–Crippen LogP) is -6.42. The van der Waals surface area contributed by atoms with Gasteiger partial charge >= 0.3 is 23.9 Å². The number of carboxylic acids is 4. The van der Waals surface area contributed by atoms with E-state index in [2.05, 4.69) is 52.5 Å². The zero-order valence-electron chi connectivity index (χ0n) is 44.2. The van der Waals surface area contributed by atoms with Gasteiger partial charge in [0.2, 0.25) is 53.2 Å². The summed E-state index contributed by atoms with van der Waals surface area (Å²) in [5.74, 6) is -16.9. The lowest BCUT2D eigenvalue weighted by molar-refractivity contribution is -0.144. The number of hydrogen-bond acceptors (Lipinski definition) is 16. The molecule has 0 aromatic heterocycles. The number of aliphatic carboxylic acids is 4. The van der Waals surface area contributed by atoms with E-state index in [9.17, 15) is 82.8 Å². The van der Waals surface area contributed by atoms with E-state index in [0.717, 1.165) is 0 Å². The van der Waals surface area contributed by atoms with E-state index in [1.54, 1.807) is 6.92 Å². The highest BCUT2D eigenvalue weighted by atomic mass is 16.4. The SMILES string of the molecule is CC[C@H](C)[C@H](NC(=O)[C@H](CCC(=O)O)NC(=O)[C@H](CCC(=O)O)NC(=O)[C@H](CCCN=C(N)N)NC(=O)[C@H](C)NC(=O)[C@H](CCCN=C(N)N)NC(=O)[C@H](CCC(=O)O)NC(=O)[C@@H](NC(=O)[C@@H](N)CC(N)=O)C(C)C)C(=O)O. The van der Waals surface area contributed by atoms with Gasteiger partial charge in [-0.1, -0.05) is 34.1 Å². The number of guanidine groups is 2. The fourth-order valence-corrected chi connectivity index (χ4v) is 6.95. The molecule has 0 heterocycles. The molecule has 0 aliphatic rings. The van der Waals surface area contributed by atoms with Crippen molar-refractivity contribution in [1.29, 1.82) is 0 Å². The van der Waals surface area contributed by atoms with E-state index < -0.39 is 188 Å². The average molecular weight is 1120 g/mol. The Morgan fingerprint density at radius 3 is 1.10 bits per heavy atom. The van der Waals surface area contributed by atoms with Crippen molar-refractivity contribution in [2.45, 2.75) is 166 Å². The van der Waals surface area contributed by atoms with Crippen LogP contribution in [0, 0.1) is 11.8 Å². The minimum atomic E-state index is -1.78.